The Morgan fingerprint density at radius 1 is 0.754 bits per heavy atom. The number of nitrogens with zero attached hydrogens (tertiary/aromatic N) is 1. The second-order valence-corrected chi connectivity index (χ2v) is 22.5. The van der Waals surface area contributed by atoms with Gasteiger partial charge in [-0.25, -0.2) is 4.79 Å². The Bertz CT molecular complexity index is 2260. The Balaban J connectivity index is 0.743. The van der Waals surface area contributed by atoms with Gasteiger partial charge in [-0.2, -0.15) is 0 Å². The van der Waals surface area contributed by atoms with E-state index in [4.69, 9.17) is 42.6 Å². The first-order valence-electron chi connectivity index (χ1n) is 26.3. The van der Waals surface area contributed by atoms with Crippen LogP contribution in [0.5, 0.6) is 0 Å². The van der Waals surface area contributed by atoms with Gasteiger partial charge in [0.25, 0.3) is 0 Å². The molecular weight excluding hydrogens is 879 g/mol. The summed E-state index contributed by atoms with van der Waals surface area (Å²) in [5, 5.41) is 11.6. The normalized spacial score (nSPS) is 42.9. The summed E-state index contributed by atoms with van der Waals surface area (Å²) >= 11 is 0. The predicted molar refractivity (Wildman–Crippen MR) is 253 cm³/mol. The van der Waals surface area contributed by atoms with Crippen molar-refractivity contribution in [1.82, 2.24) is 4.90 Å². The van der Waals surface area contributed by atoms with E-state index >= 15 is 0 Å². The first-order valence-corrected chi connectivity index (χ1v) is 26.3. The van der Waals surface area contributed by atoms with Gasteiger partial charge in [-0.1, -0.05) is 75.5 Å². The molecule has 11 aliphatic rings. The lowest BCUT2D eigenvalue weighted by Crippen LogP contribution is -2.61. The number of rotatable bonds is 6. The molecule has 0 aromatic heterocycles. The molecule has 1 amide bonds. The highest BCUT2D eigenvalue weighted by atomic mass is 16.8. The number of ketones is 1. The van der Waals surface area contributed by atoms with Gasteiger partial charge in [0.1, 0.15) is 42.9 Å². The lowest BCUT2D eigenvalue weighted by atomic mass is 9.78. The number of aliphatic hydroxyl groups excluding tert-OH is 1. The minimum absolute atomic E-state index is 0.0178. The van der Waals surface area contributed by atoms with Crippen LogP contribution in [0.15, 0.2) is 72.8 Å². The highest BCUT2D eigenvalue weighted by Gasteiger charge is 2.69. The fraction of sp³-hybridized carbons (Fsp3) is 0.679. The molecular formula is C56H71NO12. The van der Waals surface area contributed by atoms with Crippen molar-refractivity contribution in [2.24, 2.45) is 17.8 Å². The predicted octanol–water partition coefficient (Wildman–Crippen LogP) is 7.98. The van der Waals surface area contributed by atoms with E-state index in [9.17, 15) is 14.7 Å². The van der Waals surface area contributed by atoms with Crippen LogP contribution in [0.2, 0.25) is 0 Å². The van der Waals surface area contributed by atoms with Crippen LogP contribution in [-0.2, 0) is 47.4 Å². The summed E-state index contributed by atoms with van der Waals surface area (Å²) in [4.78, 5) is 29.3. The van der Waals surface area contributed by atoms with Gasteiger partial charge in [0.05, 0.1) is 61.0 Å². The Morgan fingerprint density at radius 2 is 1.45 bits per heavy atom. The minimum atomic E-state index is -0.881. The maximum Gasteiger partial charge on any atom is 0.409 e. The van der Waals surface area contributed by atoms with Crippen molar-refractivity contribution in [1.29, 1.82) is 0 Å². The standard InChI is InChI=1S/C56H71NO12/c1-29-20-35-14-16-44-30(2)21-37(62-44)18-19-56-26-49-51(68-56)52-53(67-49)54(69-56)50-45(66-52)17-15-36(64-50)22-33(58)23-42-32(4)46(65-48(42)25-47(63-35)31(29)3)24-34(59)27-57(5)55(60)61-28-43-40-12-8-6-10-38(40)39-11-7-9-13-41(39)43/h6-13,29,32,34-37,42-54,59H,2-3,14-28H2,1,4-5H3/t29-,32-,34+,35+,36-,37+,42-,44+,45+,46-,47-,48+,49-,50+,51+,52+,53-,54+,56+/m1/s1. The zero-order valence-electron chi connectivity index (χ0n) is 40.5. The van der Waals surface area contributed by atoms with Crippen LogP contribution in [0.3, 0.4) is 0 Å². The van der Waals surface area contributed by atoms with Gasteiger partial charge in [-0.05, 0) is 96.1 Å². The molecule has 0 saturated carbocycles. The highest BCUT2D eigenvalue weighted by Crippen LogP contribution is 2.55. The smallest absolute Gasteiger partial charge is 0.409 e. The third-order valence-corrected chi connectivity index (χ3v) is 18.0. The van der Waals surface area contributed by atoms with E-state index < -0.39 is 18.0 Å². The Morgan fingerprint density at radius 3 is 2.25 bits per heavy atom. The van der Waals surface area contributed by atoms with Gasteiger partial charge in [0, 0.05) is 58.0 Å². The first kappa shape index (κ1) is 46.6. The average molecular weight is 950 g/mol. The largest absolute Gasteiger partial charge is 0.448 e. The van der Waals surface area contributed by atoms with Gasteiger partial charge in [0.2, 0.25) is 0 Å². The maximum atomic E-state index is 14.4. The summed E-state index contributed by atoms with van der Waals surface area (Å²) in [6.07, 6.45) is 4.27. The summed E-state index contributed by atoms with van der Waals surface area (Å²) in [6, 6.07) is 16.5. The van der Waals surface area contributed by atoms with Gasteiger partial charge < -0.3 is 52.6 Å². The molecule has 13 heteroatoms. The van der Waals surface area contributed by atoms with Gasteiger partial charge >= 0.3 is 6.09 Å². The van der Waals surface area contributed by atoms with E-state index in [0.717, 1.165) is 60.8 Å². The molecule has 10 fully saturated rings. The second kappa shape index (κ2) is 18.5. The zero-order chi connectivity index (χ0) is 47.3. The molecule has 69 heavy (non-hydrogen) atoms. The number of Topliss-reactive ketones (excluding diaryl/α,β-unsaturated/α-hetero) is 1. The molecule has 2 aromatic rings. The van der Waals surface area contributed by atoms with Crippen LogP contribution in [0.1, 0.15) is 114 Å². The zero-order valence-corrected chi connectivity index (χ0v) is 40.5. The molecule has 19 atom stereocenters. The number of likely N-dealkylation sites (N-methyl/N-ethyl adjacent to an activating group) is 1. The Hall–Kier alpha value is -3.50. The number of benzene rings is 2. The Labute approximate surface area is 406 Å². The minimum Gasteiger partial charge on any atom is -0.448 e. The molecule has 13 nitrogen and oxygen atoms in total. The number of carbonyl (C=O) groups excluding carboxylic acids is 2. The SMILES string of the molecule is C=C1C[C@@H]2CC[C@@]34C[C@H]5O[C@H]6[C@@H](O3)[C@H]3O[C@H](CC[C@@H]3O[C@H]6[C@H]5O4)CC(=O)C[C@@H]3[C@@H](C)[C@@H](C[C@H](O)CN(C)C(=O)OCC4c5ccccc5-c5ccccc54)O[C@H]3C[C@H]3O[C@@H](CC[C@@H]1O2)C[C@@H](C)C3=C. The van der Waals surface area contributed by atoms with E-state index in [0.29, 0.717) is 38.5 Å². The second-order valence-electron chi connectivity index (χ2n) is 22.5. The van der Waals surface area contributed by atoms with Crippen molar-refractivity contribution in [2.75, 3.05) is 20.2 Å². The van der Waals surface area contributed by atoms with Crippen LogP contribution < -0.4 is 0 Å². The van der Waals surface area contributed by atoms with Crippen LogP contribution in [0, 0.1) is 17.8 Å². The summed E-state index contributed by atoms with van der Waals surface area (Å²) in [5.41, 5.74) is 6.81. The molecule has 13 rings (SSSR count). The van der Waals surface area contributed by atoms with Crippen molar-refractivity contribution in [2.45, 2.75) is 201 Å². The third kappa shape index (κ3) is 8.67. The topological polar surface area (TPSA) is 141 Å². The van der Waals surface area contributed by atoms with E-state index in [1.807, 2.05) is 24.3 Å². The van der Waals surface area contributed by atoms with E-state index in [-0.39, 0.29) is 134 Å². The number of fused-ring (bicyclic) bond motifs is 9. The quantitative estimate of drug-likeness (QED) is 0.281. The molecule has 372 valence electrons. The van der Waals surface area contributed by atoms with Gasteiger partial charge in [-0.3, -0.25) is 4.79 Å². The van der Waals surface area contributed by atoms with Crippen molar-refractivity contribution in [3.8, 4) is 11.1 Å². The molecule has 1 N–H and O–H groups in total. The number of ether oxygens (including phenoxy) is 9. The van der Waals surface area contributed by atoms with Crippen molar-refractivity contribution in [3.63, 3.8) is 0 Å². The summed E-state index contributed by atoms with van der Waals surface area (Å²) in [5.74, 6) is -0.665. The lowest BCUT2D eigenvalue weighted by Gasteiger charge is -2.47. The lowest BCUT2D eigenvalue weighted by molar-refractivity contribution is -0.292. The van der Waals surface area contributed by atoms with Crippen LogP contribution in [-0.4, -0.2) is 139 Å². The van der Waals surface area contributed by atoms with Crippen LogP contribution >= 0.6 is 0 Å². The molecule has 2 aromatic carbocycles. The molecule has 10 aliphatic heterocycles. The number of hydrogen-bond donors (Lipinski definition) is 1. The summed E-state index contributed by atoms with van der Waals surface area (Å²) < 4.78 is 60.7. The molecule has 1 aliphatic carbocycles. The maximum absolute atomic E-state index is 14.4. The van der Waals surface area contributed by atoms with Crippen molar-refractivity contribution < 1.29 is 57.3 Å². The van der Waals surface area contributed by atoms with Crippen molar-refractivity contribution in [3.05, 3.63) is 84.0 Å². The number of hydrogen-bond acceptors (Lipinski definition) is 12. The fourth-order valence-electron chi connectivity index (χ4n) is 14.4. The average Bonchev–Trinajstić information content (AvgIpc) is 4.08. The van der Waals surface area contributed by atoms with E-state index in [2.05, 4.69) is 51.3 Å². The number of carbonyl (C=O) groups is 2. The molecule has 0 unspecified atom stereocenters. The van der Waals surface area contributed by atoms with Gasteiger partial charge in [-0.15, -0.1) is 0 Å². The number of aliphatic hydroxyl groups is 1. The third-order valence-electron chi connectivity index (χ3n) is 18.0. The van der Waals surface area contributed by atoms with Crippen molar-refractivity contribution >= 4 is 11.9 Å². The first-order chi connectivity index (χ1) is 33.4. The number of amides is 1. The van der Waals surface area contributed by atoms with Crippen LogP contribution in [0.4, 0.5) is 4.79 Å². The Kier molecular flexibility index (Phi) is 12.5. The fourth-order valence-corrected chi connectivity index (χ4v) is 14.4. The summed E-state index contributed by atoms with van der Waals surface area (Å²) in [6.45, 7) is 13.7. The highest BCUT2D eigenvalue weighted by molar-refractivity contribution is 5.80. The molecule has 12 bridgehead atoms. The van der Waals surface area contributed by atoms with E-state index in [1.165, 1.54) is 16.0 Å². The monoisotopic (exact) mass is 949 g/mol. The summed E-state index contributed by atoms with van der Waals surface area (Å²) in [7, 11) is 1.66. The van der Waals surface area contributed by atoms with Gasteiger partial charge in [0.15, 0.2) is 5.79 Å². The van der Waals surface area contributed by atoms with E-state index in [1.54, 1.807) is 7.05 Å². The molecule has 0 radical (unpaired) electrons. The molecule has 10 heterocycles. The molecule has 10 saturated heterocycles. The van der Waals surface area contributed by atoms with Crippen LogP contribution in [0.25, 0.3) is 11.1 Å². The molecule has 1 spiro atoms.